The molecule has 6 nitrogen and oxygen atoms in total. The number of hydrogen-bond donors (Lipinski definition) is 1. The maximum absolute atomic E-state index is 13.5. The summed E-state index contributed by atoms with van der Waals surface area (Å²) in [4.78, 5) is 27.5. The van der Waals surface area contributed by atoms with Crippen LogP contribution in [-0.4, -0.2) is 55.7 Å². The molecule has 1 aromatic rings. The highest BCUT2D eigenvalue weighted by molar-refractivity contribution is 6.27. The lowest BCUT2D eigenvalue weighted by molar-refractivity contribution is -0.153. The Balaban J connectivity index is 2.37. The van der Waals surface area contributed by atoms with Crippen LogP contribution < -0.4 is 5.32 Å². The summed E-state index contributed by atoms with van der Waals surface area (Å²) in [6, 6.07) is 4.60. The van der Waals surface area contributed by atoms with Crippen LogP contribution in [0.15, 0.2) is 24.3 Å². The number of nitrogens with zero attached hydrogens (tertiary/aromatic N) is 1. The van der Waals surface area contributed by atoms with Crippen LogP contribution in [0, 0.1) is 17.7 Å². The fourth-order valence-corrected chi connectivity index (χ4v) is 4.15. The lowest BCUT2D eigenvalue weighted by Crippen LogP contribution is -2.51. The molecule has 0 heterocycles. The van der Waals surface area contributed by atoms with Gasteiger partial charge in [-0.15, -0.1) is 11.6 Å². The smallest absolute Gasteiger partial charge is 0.247 e. The van der Waals surface area contributed by atoms with E-state index in [1.807, 2.05) is 0 Å². The Kier molecular flexibility index (Phi) is 9.52. The van der Waals surface area contributed by atoms with Crippen LogP contribution in [-0.2, 0) is 19.1 Å². The molecule has 0 bridgehead atoms. The molecule has 2 rings (SSSR count). The fourth-order valence-electron chi connectivity index (χ4n) is 4.00. The van der Waals surface area contributed by atoms with E-state index in [4.69, 9.17) is 21.1 Å². The number of halogens is 2. The molecule has 2 amide bonds. The molecule has 0 aliphatic heterocycles. The molecule has 1 aromatic carbocycles. The number of rotatable bonds is 9. The fraction of sp³-hybridized carbons (Fsp3) is 0.636. The number of amides is 2. The molecule has 0 radical (unpaired) electrons. The molecule has 1 fully saturated rings. The number of carbonyl (C=O) groups excluding carboxylic acids is 2. The highest BCUT2D eigenvalue weighted by Gasteiger charge is 2.36. The molecule has 30 heavy (non-hydrogen) atoms. The Bertz CT molecular complexity index is 699. The van der Waals surface area contributed by atoms with Gasteiger partial charge in [0.25, 0.3) is 0 Å². The summed E-state index contributed by atoms with van der Waals surface area (Å²) in [5.41, 5.74) is 0.495. The number of alkyl halides is 1. The van der Waals surface area contributed by atoms with Gasteiger partial charge in [0, 0.05) is 20.3 Å². The summed E-state index contributed by atoms with van der Waals surface area (Å²) in [6.07, 6.45) is 2.32. The molecule has 0 aromatic heterocycles. The van der Waals surface area contributed by atoms with Crippen LogP contribution in [0.3, 0.4) is 0 Å². The summed E-state index contributed by atoms with van der Waals surface area (Å²) in [5.74, 6) is -0.668. The molecular weight excluding hydrogens is 411 g/mol. The lowest BCUT2D eigenvalue weighted by atomic mass is 9.78. The van der Waals surface area contributed by atoms with Crippen molar-refractivity contribution in [3.8, 4) is 0 Å². The zero-order valence-electron chi connectivity index (χ0n) is 18.1. The van der Waals surface area contributed by atoms with Crippen molar-refractivity contribution in [1.29, 1.82) is 0 Å². The molecule has 168 valence electrons. The van der Waals surface area contributed by atoms with Crippen molar-refractivity contribution in [3.63, 3.8) is 0 Å². The number of ether oxygens (including phenoxy) is 2. The van der Waals surface area contributed by atoms with Crippen LogP contribution in [0.4, 0.5) is 4.39 Å². The molecule has 1 N–H and O–H groups in total. The van der Waals surface area contributed by atoms with Gasteiger partial charge in [-0.1, -0.05) is 38.8 Å². The van der Waals surface area contributed by atoms with Crippen molar-refractivity contribution < 1.29 is 23.5 Å². The minimum atomic E-state index is -0.978. The monoisotopic (exact) mass is 442 g/mol. The van der Waals surface area contributed by atoms with Crippen LogP contribution in [0.1, 0.15) is 44.7 Å². The summed E-state index contributed by atoms with van der Waals surface area (Å²) >= 11 is 5.85. The van der Waals surface area contributed by atoms with Gasteiger partial charge in [0.1, 0.15) is 17.7 Å². The topological polar surface area (TPSA) is 67.9 Å². The van der Waals surface area contributed by atoms with E-state index in [2.05, 4.69) is 19.2 Å². The molecular formula is C22H32ClFN2O4. The van der Waals surface area contributed by atoms with E-state index in [0.717, 1.165) is 19.3 Å². The Morgan fingerprint density at radius 2 is 1.83 bits per heavy atom. The molecule has 1 aliphatic rings. The van der Waals surface area contributed by atoms with Gasteiger partial charge < -0.3 is 19.7 Å². The minimum absolute atomic E-state index is 0.00460. The van der Waals surface area contributed by atoms with Crippen molar-refractivity contribution in [1.82, 2.24) is 10.2 Å². The average molecular weight is 443 g/mol. The Morgan fingerprint density at radius 3 is 2.40 bits per heavy atom. The number of hydrogen-bond acceptors (Lipinski definition) is 4. The molecule has 1 aliphatic carbocycles. The summed E-state index contributed by atoms with van der Waals surface area (Å²) < 4.78 is 24.0. The van der Waals surface area contributed by atoms with Gasteiger partial charge in [-0.05, 0) is 36.0 Å². The van der Waals surface area contributed by atoms with Crippen molar-refractivity contribution in [2.24, 2.45) is 11.8 Å². The second-order valence-electron chi connectivity index (χ2n) is 7.92. The third-order valence-corrected chi connectivity index (χ3v) is 6.32. The third kappa shape index (κ3) is 6.15. The van der Waals surface area contributed by atoms with E-state index in [0.29, 0.717) is 17.4 Å². The molecule has 1 saturated carbocycles. The Labute approximate surface area is 183 Å². The standard InChI is InChI=1S/C22H32ClFN2O4/c1-14-6-5-7-18(15(14)2)25-22(28)21(16-8-10-17(24)11-9-16)26(19(27)12-23)13-20(29-3)30-4/h8-11,14-15,18,20-21H,5-7,12-13H2,1-4H3,(H,25,28). The van der Waals surface area contributed by atoms with Crippen LogP contribution in [0.25, 0.3) is 0 Å². The van der Waals surface area contributed by atoms with E-state index in [-0.39, 0.29) is 24.4 Å². The summed E-state index contributed by atoms with van der Waals surface area (Å²) in [7, 11) is 2.91. The summed E-state index contributed by atoms with van der Waals surface area (Å²) in [6.45, 7) is 4.32. The normalized spacial score (nSPS) is 22.6. The second-order valence-corrected chi connectivity index (χ2v) is 8.18. The number of methoxy groups -OCH3 is 2. The number of carbonyl (C=O) groups is 2. The van der Waals surface area contributed by atoms with Gasteiger partial charge in [-0.25, -0.2) is 4.39 Å². The van der Waals surface area contributed by atoms with E-state index in [9.17, 15) is 14.0 Å². The van der Waals surface area contributed by atoms with Gasteiger partial charge >= 0.3 is 0 Å². The van der Waals surface area contributed by atoms with Crippen LogP contribution >= 0.6 is 11.6 Å². The van der Waals surface area contributed by atoms with Crippen LogP contribution in [0.2, 0.25) is 0 Å². The molecule has 0 spiro atoms. The lowest BCUT2D eigenvalue weighted by Gasteiger charge is -2.38. The van der Waals surface area contributed by atoms with Gasteiger partial charge in [0.15, 0.2) is 6.29 Å². The minimum Gasteiger partial charge on any atom is -0.354 e. The zero-order chi connectivity index (χ0) is 22.3. The highest BCUT2D eigenvalue weighted by Crippen LogP contribution is 2.31. The largest absolute Gasteiger partial charge is 0.354 e. The first kappa shape index (κ1) is 24.6. The maximum atomic E-state index is 13.5. The molecule has 0 saturated heterocycles. The predicted octanol–water partition coefficient (Wildman–Crippen LogP) is 3.49. The van der Waals surface area contributed by atoms with Gasteiger partial charge in [-0.3, -0.25) is 9.59 Å². The van der Waals surface area contributed by atoms with E-state index in [1.165, 1.54) is 43.4 Å². The van der Waals surface area contributed by atoms with Crippen molar-refractivity contribution in [3.05, 3.63) is 35.6 Å². The van der Waals surface area contributed by atoms with Crippen molar-refractivity contribution in [2.75, 3.05) is 26.6 Å². The summed E-state index contributed by atoms with van der Waals surface area (Å²) in [5, 5.41) is 3.13. The van der Waals surface area contributed by atoms with Crippen molar-refractivity contribution >= 4 is 23.4 Å². The SMILES string of the molecule is COC(CN(C(=O)CCl)C(C(=O)NC1CCCC(C)C1C)c1ccc(F)cc1)OC. The zero-order valence-corrected chi connectivity index (χ0v) is 18.8. The van der Waals surface area contributed by atoms with E-state index < -0.39 is 24.1 Å². The number of nitrogens with one attached hydrogen (secondary N) is 1. The van der Waals surface area contributed by atoms with Gasteiger partial charge in [0.2, 0.25) is 11.8 Å². The van der Waals surface area contributed by atoms with Crippen molar-refractivity contribution in [2.45, 2.75) is 51.5 Å². The van der Waals surface area contributed by atoms with Gasteiger partial charge in [0.05, 0.1) is 6.54 Å². The van der Waals surface area contributed by atoms with E-state index in [1.54, 1.807) is 0 Å². The first-order valence-corrected chi connectivity index (χ1v) is 10.8. The van der Waals surface area contributed by atoms with E-state index >= 15 is 0 Å². The molecule has 4 atom stereocenters. The second kappa shape index (κ2) is 11.6. The first-order chi connectivity index (χ1) is 14.3. The maximum Gasteiger partial charge on any atom is 0.247 e. The average Bonchev–Trinajstić information content (AvgIpc) is 2.74. The third-order valence-electron chi connectivity index (χ3n) is 6.09. The quantitative estimate of drug-likeness (QED) is 0.469. The Morgan fingerprint density at radius 1 is 1.20 bits per heavy atom. The van der Waals surface area contributed by atoms with Gasteiger partial charge in [-0.2, -0.15) is 0 Å². The predicted molar refractivity (Wildman–Crippen MR) is 113 cm³/mol. The molecule has 8 heteroatoms. The molecule has 4 unspecified atom stereocenters. The number of benzene rings is 1. The first-order valence-electron chi connectivity index (χ1n) is 10.3. The highest BCUT2D eigenvalue weighted by atomic mass is 35.5. The Hall–Kier alpha value is -1.70. The van der Waals surface area contributed by atoms with Crippen LogP contribution in [0.5, 0.6) is 0 Å².